The van der Waals surface area contributed by atoms with Gasteiger partial charge in [0.15, 0.2) is 0 Å². The van der Waals surface area contributed by atoms with Crippen molar-refractivity contribution in [2.45, 2.75) is 13.0 Å². The first-order valence-electron chi connectivity index (χ1n) is 2.47. The van der Waals surface area contributed by atoms with Crippen LogP contribution in [-0.4, -0.2) is 26.9 Å². The van der Waals surface area contributed by atoms with Gasteiger partial charge in [-0.3, -0.25) is 0 Å². The normalized spacial score (nSPS) is 11.7. The molecule has 0 aliphatic rings. The molecule has 0 bridgehead atoms. The molecule has 0 radical (unpaired) electrons. The molecule has 0 spiro atoms. The van der Waals surface area contributed by atoms with Gasteiger partial charge >= 0.3 is 0 Å². The quantitative estimate of drug-likeness (QED) is 0.722. The summed E-state index contributed by atoms with van der Waals surface area (Å²) in [5.41, 5.74) is 0. The van der Waals surface area contributed by atoms with E-state index in [4.69, 9.17) is 9.47 Å². The molecule has 4 heteroatoms. The minimum Gasteiger partial charge on any atom is -0.382 e. The van der Waals surface area contributed by atoms with Crippen LogP contribution in [0.15, 0.2) is 0 Å². The van der Waals surface area contributed by atoms with Crippen LogP contribution in [0.25, 0.3) is 0 Å². The maximum absolute atomic E-state index is 4.87. The van der Waals surface area contributed by atoms with Crippen LogP contribution >= 0.6 is 37.2 Å². The first kappa shape index (κ1) is 13.0. The van der Waals surface area contributed by atoms with Crippen LogP contribution in [0, 0.1) is 0 Å². The van der Waals surface area contributed by atoms with Crippen molar-refractivity contribution in [3.8, 4) is 0 Å². The molecule has 0 fully saturated rings. The van der Waals surface area contributed by atoms with Gasteiger partial charge in [0.25, 0.3) is 0 Å². The Morgan fingerprint density at radius 1 is 1.33 bits per heavy atom. The fourth-order valence-electron chi connectivity index (χ4n) is 0.303. The number of methoxy groups -OCH3 is 2. The van der Waals surface area contributed by atoms with E-state index >= 15 is 0 Å². The summed E-state index contributed by atoms with van der Waals surface area (Å²) in [4.78, 5) is 0. The van der Waals surface area contributed by atoms with E-state index in [0.717, 1.165) is 0 Å². The van der Waals surface area contributed by atoms with E-state index in [1.165, 1.54) is 0 Å². The van der Waals surface area contributed by atoms with Crippen molar-refractivity contribution < 1.29 is 9.47 Å². The van der Waals surface area contributed by atoms with E-state index in [2.05, 4.69) is 37.2 Å². The summed E-state index contributed by atoms with van der Waals surface area (Å²) in [5.74, 6) is 0. The average molecular weight is 358 g/mol. The number of ether oxygens (including phenoxy) is 2. The SMILES string of the molecule is COCC(C)OC.II. The van der Waals surface area contributed by atoms with E-state index in [1.807, 2.05) is 6.92 Å². The highest BCUT2D eigenvalue weighted by Crippen LogP contribution is 1.89. The van der Waals surface area contributed by atoms with Crippen LogP contribution in [-0.2, 0) is 9.47 Å². The Morgan fingerprint density at radius 3 is 1.89 bits per heavy atom. The molecule has 1 unspecified atom stereocenters. The second kappa shape index (κ2) is 12.1. The Morgan fingerprint density at radius 2 is 1.78 bits per heavy atom. The molecule has 2 nitrogen and oxygen atoms in total. The van der Waals surface area contributed by atoms with Crippen molar-refractivity contribution in [1.29, 1.82) is 0 Å². The highest BCUT2D eigenvalue weighted by Gasteiger charge is 1.93. The predicted octanol–water partition coefficient (Wildman–Crippen LogP) is 2.44. The smallest absolute Gasteiger partial charge is 0.0776 e. The molecule has 0 saturated carbocycles. The molecule has 58 valence electrons. The Hall–Kier alpha value is 1.38. The zero-order valence-electron chi connectivity index (χ0n) is 5.86. The van der Waals surface area contributed by atoms with Crippen LogP contribution in [0.1, 0.15) is 6.92 Å². The first-order valence-corrected chi connectivity index (χ1v) is 8.76. The third kappa shape index (κ3) is 12.6. The molecular weight excluding hydrogens is 346 g/mol. The third-order valence-corrected chi connectivity index (χ3v) is 0.804. The monoisotopic (exact) mass is 358 g/mol. The molecule has 0 saturated heterocycles. The van der Waals surface area contributed by atoms with E-state index in [9.17, 15) is 0 Å². The summed E-state index contributed by atoms with van der Waals surface area (Å²) < 4.78 is 9.64. The fourth-order valence-corrected chi connectivity index (χ4v) is 0.303. The van der Waals surface area contributed by atoms with Crippen molar-refractivity contribution in [3.05, 3.63) is 0 Å². The summed E-state index contributed by atoms with van der Waals surface area (Å²) in [6.07, 6.45) is 0.227. The average Bonchev–Trinajstić information content (AvgIpc) is 1.93. The Balaban J connectivity index is 0. The molecule has 0 heterocycles. The van der Waals surface area contributed by atoms with Gasteiger partial charge in [0.2, 0.25) is 0 Å². The summed E-state index contributed by atoms with van der Waals surface area (Å²) in [5, 5.41) is 0. The van der Waals surface area contributed by atoms with Crippen LogP contribution in [0.4, 0.5) is 0 Å². The van der Waals surface area contributed by atoms with Crippen molar-refractivity contribution in [2.24, 2.45) is 0 Å². The lowest BCUT2D eigenvalue weighted by molar-refractivity contribution is 0.0401. The topological polar surface area (TPSA) is 18.5 Å². The van der Waals surface area contributed by atoms with Gasteiger partial charge in [-0.15, -0.1) is 0 Å². The Kier molecular flexibility index (Phi) is 17.5. The zero-order chi connectivity index (χ0) is 7.70. The lowest BCUT2D eigenvalue weighted by Gasteiger charge is -2.05. The minimum absolute atomic E-state index is 0.227. The predicted molar refractivity (Wildman–Crippen MR) is 56.4 cm³/mol. The van der Waals surface area contributed by atoms with Gasteiger partial charge in [-0.05, 0) is 6.92 Å². The Labute approximate surface area is 80.0 Å². The van der Waals surface area contributed by atoms with E-state index in [-0.39, 0.29) is 6.10 Å². The van der Waals surface area contributed by atoms with Gasteiger partial charge in [-0.25, -0.2) is 0 Å². The minimum atomic E-state index is 0.227. The molecule has 1 atom stereocenters. The second-order valence-corrected chi connectivity index (χ2v) is 1.50. The molecule has 0 rings (SSSR count). The van der Waals surface area contributed by atoms with Crippen molar-refractivity contribution in [1.82, 2.24) is 0 Å². The molecule has 0 N–H and O–H groups in total. The number of halogens is 2. The van der Waals surface area contributed by atoms with Gasteiger partial charge in [0.1, 0.15) is 0 Å². The van der Waals surface area contributed by atoms with E-state index in [0.29, 0.717) is 6.61 Å². The van der Waals surface area contributed by atoms with E-state index < -0.39 is 0 Å². The standard InChI is InChI=1S/C5H12O2.I2/c1-5(7-3)4-6-2;1-2/h5H,4H2,1-3H3;. The summed E-state index contributed by atoms with van der Waals surface area (Å²) in [7, 11) is 3.33. The number of rotatable bonds is 3. The largest absolute Gasteiger partial charge is 0.382 e. The van der Waals surface area contributed by atoms with Gasteiger partial charge < -0.3 is 9.47 Å². The van der Waals surface area contributed by atoms with Crippen molar-refractivity contribution in [2.75, 3.05) is 20.8 Å². The molecule has 0 aromatic heterocycles. The van der Waals surface area contributed by atoms with Gasteiger partial charge in [0, 0.05) is 51.5 Å². The van der Waals surface area contributed by atoms with Crippen molar-refractivity contribution >= 4 is 37.2 Å². The van der Waals surface area contributed by atoms with Crippen molar-refractivity contribution in [3.63, 3.8) is 0 Å². The molecule has 0 aliphatic carbocycles. The summed E-state index contributed by atoms with van der Waals surface area (Å²) in [6.45, 7) is 2.64. The first-order chi connectivity index (χ1) is 4.31. The van der Waals surface area contributed by atoms with Crippen LogP contribution in [0.2, 0.25) is 0 Å². The second-order valence-electron chi connectivity index (χ2n) is 1.50. The molecule has 0 amide bonds. The maximum Gasteiger partial charge on any atom is 0.0776 e. The zero-order valence-corrected chi connectivity index (χ0v) is 10.2. The van der Waals surface area contributed by atoms with Gasteiger partial charge in [-0.2, -0.15) is 0 Å². The molecular formula is C5H12I2O2. The Bertz CT molecular complexity index is 43.9. The van der Waals surface area contributed by atoms with Crippen LogP contribution in [0.3, 0.4) is 0 Å². The maximum atomic E-state index is 4.87. The fraction of sp³-hybridized carbons (Fsp3) is 1.00. The molecule has 0 aromatic carbocycles. The highest BCUT2D eigenvalue weighted by atomic mass is 128. The van der Waals surface area contributed by atoms with Crippen LogP contribution in [0.5, 0.6) is 0 Å². The molecule has 0 aliphatic heterocycles. The lowest BCUT2D eigenvalue weighted by atomic mass is 10.4. The van der Waals surface area contributed by atoms with Gasteiger partial charge in [0.05, 0.1) is 12.7 Å². The number of hydrogen-bond donors (Lipinski definition) is 0. The highest BCUT2D eigenvalue weighted by molar-refractivity contribution is 15.0. The summed E-state index contributed by atoms with van der Waals surface area (Å²) >= 11 is 4.24. The summed E-state index contributed by atoms with van der Waals surface area (Å²) in [6, 6.07) is 0. The number of hydrogen-bond acceptors (Lipinski definition) is 2. The third-order valence-electron chi connectivity index (χ3n) is 0.804. The lowest BCUT2D eigenvalue weighted by Crippen LogP contribution is -2.11. The van der Waals surface area contributed by atoms with E-state index in [1.54, 1.807) is 14.2 Å². The van der Waals surface area contributed by atoms with Gasteiger partial charge in [-0.1, -0.05) is 0 Å². The molecule has 0 aromatic rings. The molecule has 9 heavy (non-hydrogen) atoms. The van der Waals surface area contributed by atoms with Crippen LogP contribution < -0.4 is 0 Å².